The van der Waals surface area contributed by atoms with E-state index in [1.807, 2.05) is 60.0 Å². The van der Waals surface area contributed by atoms with E-state index in [1.165, 1.54) is 12.5 Å². The van der Waals surface area contributed by atoms with Crippen molar-refractivity contribution in [1.82, 2.24) is 20.0 Å². The monoisotopic (exact) mass is 661 g/mol. The predicted molar refractivity (Wildman–Crippen MR) is 182 cm³/mol. The number of aryl methyl sites for hydroxylation is 2. The van der Waals surface area contributed by atoms with Crippen molar-refractivity contribution in [2.75, 3.05) is 38.0 Å². The van der Waals surface area contributed by atoms with Gasteiger partial charge in [0.1, 0.15) is 0 Å². The zero-order valence-corrected chi connectivity index (χ0v) is 28.1. The van der Waals surface area contributed by atoms with Gasteiger partial charge < -0.3 is 20.4 Å². The summed E-state index contributed by atoms with van der Waals surface area (Å²) < 4.78 is 0. The van der Waals surface area contributed by atoms with Crippen molar-refractivity contribution in [3.05, 3.63) is 98.5 Å². The second kappa shape index (κ2) is 13.7. The van der Waals surface area contributed by atoms with Crippen LogP contribution in [0, 0.1) is 19.8 Å². The molecule has 2 heterocycles. The van der Waals surface area contributed by atoms with E-state index < -0.39 is 0 Å². The second-order valence-electron chi connectivity index (χ2n) is 13.1. The van der Waals surface area contributed by atoms with Gasteiger partial charge in [0.05, 0.1) is 22.6 Å². The summed E-state index contributed by atoms with van der Waals surface area (Å²) in [6.07, 6.45) is 2.14. The lowest BCUT2D eigenvalue weighted by Crippen LogP contribution is -2.55. The van der Waals surface area contributed by atoms with Crippen molar-refractivity contribution in [3.63, 3.8) is 0 Å². The maximum absolute atomic E-state index is 13.8. The van der Waals surface area contributed by atoms with E-state index in [1.54, 1.807) is 6.07 Å². The number of halogens is 2. The van der Waals surface area contributed by atoms with Gasteiger partial charge in [-0.2, -0.15) is 0 Å². The Hall–Kier alpha value is -3.43. The fraction of sp³-hybridized carbons (Fsp3) is 0.417. The van der Waals surface area contributed by atoms with Crippen LogP contribution in [0.4, 0.5) is 5.69 Å². The van der Waals surface area contributed by atoms with Crippen LogP contribution in [0.25, 0.3) is 0 Å². The van der Waals surface area contributed by atoms with E-state index >= 15 is 0 Å². The summed E-state index contributed by atoms with van der Waals surface area (Å²) in [5.74, 6) is 0.414. The van der Waals surface area contributed by atoms with E-state index in [-0.39, 0.29) is 30.3 Å². The van der Waals surface area contributed by atoms with Crippen LogP contribution in [0.15, 0.2) is 60.7 Å². The third kappa shape index (κ3) is 7.26. The van der Waals surface area contributed by atoms with Gasteiger partial charge in [-0.05, 0) is 80.1 Å². The number of likely N-dealkylation sites (tertiary alicyclic amines) is 1. The molecule has 3 aromatic carbocycles. The minimum absolute atomic E-state index is 0.0217. The Balaban J connectivity index is 1.08. The standard InChI is InChI=1S/C36H41Cl2N5O3/c1-22-12-23(2)14-27(13-22)36(46)41-10-11-43(34(21-41)26-6-9-31(37)32(38)16-26)35(45)18-39-33-17-30-15-28(33)20-42(30)19-25-4-7-29(8-5-25)40-24(3)44/h4-9,12-14,16,28,30,33-34,39H,10-11,15,17-21H2,1-3H3,(H,40,44). The number of carbonyl (C=O) groups excluding carboxylic acids is 3. The maximum Gasteiger partial charge on any atom is 0.254 e. The number of carbonyl (C=O) groups is 3. The number of nitrogens with one attached hydrogen (secondary N) is 2. The molecule has 3 amide bonds. The Morgan fingerprint density at radius 3 is 2.26 bits per heavy atom. The van der Waals surface area contributed by atoms with Gasteiger partial charge in [0.25, 0.3) is 5.91 Å². The molecular formula is C36H41Cl2N5O3. The molecule has 2 bridgehead atoms. The van der Waals surface area contributed by atoms with E-state index in [2.05, 4.69) is 33.7 Å². The molecule has 10 heteroatoms. The Labute approximate surface area is 281 Å². The highest BCUT2D eigenvalue weighted by Crippen LogP contribution is 2.39. The summed E-state index contributed by atoms with van der Waals surface area (Å²) in [5.41, 5.74) is 5.66. The smallest absolute Gasteiger partial charge is 0.254 e. The first-order chi connectivity index (χ1) is 22.0. The molecule has 6 rings (SSSR count). The molecule has 4 atom stereocenters. The number of hydrogen-bond donors (Lipinski definition) is 2. The van der Waals surface area contributed by atoms with Gasteiger partial charge in [0.15, 0.2) is 0 Å². The molecule has 0 radical (unpaired) electrons. The quantitative estimate of drug-likeness (QED) is 0.317. The predicted octanol–water partition coefficient (Wildman–Crippen LogP) is 5.85. The number of hydrogen-bond acceptors (Lipinski definition) is 5. The minimum atomic E-state index is -0.333. The van der Waals surface area contributed by atoms with Crippen LogP contribution in [0.2, 0.25) is 10.0 Å². The van der Waals surface area contributed by atoms with Crippen LogP contribution in [-0.2, 0) is 16.1 Å². The van der Waals surface area contributed by atoms with E-state index in [4.69, 9.17) is 23.2 Å². The van der Waals surface area contributed by atoms with Gasteiger partial charge >= 0.3 is 0 Å². The minimum Gasteiger partial charge on any atom is -0.334 e. The van der Waals surface area contributed by atoms with Gasteiger partial charge in [-0.25, -0.2) is 0 Å². The van der Waals surface area contributed by atoms with Crippen molar-refractivity contribution in [3.8, 4) is 0 Å². The molecular weight excluding hydrogens is 621 g/mol. The third-order valence-electron chi connectivity index (χ3n) is 9.62. The number of fused-ring (bicyclic) bond motifs is 2. The fourth-order valence-corrected chi connectivity index (χ4v) is 7.80. The fourth-order valence-electron chi connectivity index (χ4n) is 7.49. The second-order valence-corrected chi connectivity index (χ2v) is 13.9. The number of anilines is 1. The normalized spacial score (nSPS) is 22.7. The Kier molecular flexibility index (Phi) is 9.71. The Bertz CT molecular complexity index is 1610. The SMILES string of the molecule is CC(=O)Nc1ccc(CN2CC3CC2CC3NCC(=O)N2CCN(C(=O)c3cc(C)cc(C)c3)CC2c2ccc(Cl)c(Cl)c2)cc1. The molecule has 4 unspecified atom stereocenters. The largest absolute Gasteiger partial charge is 0.334 e. The summed E-state index contributed by atoms with van der Waals surface area (Å²) in [6.45, 7) is 8.91. The van der Waals surface area contributed by atoms with Gasteiger partial charge in [0.2, 0.25) is 11.8 Å². The lowest BCUT2D eigenvalue weighted by molar-refractivity contribution is -0.135. The van der Waals surface area contributed by atoms with E-state index in [9.17, 15) is 14.4 Å². The molecule has 2 N–H and O–H groups in total. The van der Waals surface area contributed by atoms with Gasteiger partial charge in [0, 0.05) is 63.0 Å². The topological polar surface area (TPSA) is 85.0 Å². The lowest BCUT2D eigenvalue weighted by Gasteiger charge is -2.42. The summed E-state index contributed by atoms with van der Waals surface area (Å²) in [4.78, 5) is 45.0. The Morgan fingerprint density at radius 1 is 0.870 bits per heavy atom. The molecule has 1 aliphatic carbocycles. The highest BCUT2D eigenvalue weighted by Gasteiger charge is 2.44. The molecule has 3 fully saturated rings. The molecule has 0 aromatic heterocycles. The van der Waals surface area contributed by atoms with Gasteiger partial charge in [-0.3, -0.25) is 19.3 Å². The zero-order valence-electron chi connectivity index (χ0n) is 26.6. The van der Waals surface area contributed by atoms with Crippen molar-refractivity contribution in [1.29, 1.82) is 0 Å². The molecule has 0 spiro atoms. The average Bonchev–Trinajstić information content (AvgIpc) is 3.61. The highest BCUT2D eigenvalue weighted by atomic mass is 35.5. The Morgan fingerprint density at radius 2 is 1.61 bits per heavy atom. The molecule has 8 nitrogen and oxygen atoms in total. The molecule has 2 aliphatic heterocycles. The van der Waals surface area contributed by atoms with Gasteiger partial charge in [-0.15, -0.1) is 0 Å². The molecule has 46 heavy (non-hydrogen) atoms. The van der Waals surface area contributed by atoms with Crippen LogP contribution in [-0.4, -0.2) is 77.2 Å². The van der Waals surface area contributed by atoms with Crippen LogP contribution in [0.1, 0.15) is 58.4 Å². The molecule has 242 valence electrons. The van der Waals surface area contributed by atoms with Crippen LogP contribution in [0.3, 0.4) is 0 Å². The van der Waals surface area contributed by atoms with Crippen molar-refractivity contribution in [2.45, 2.75) is 58.3 Å². The first-order valence-electron chi connectivity index (χ1n) is 16.0. The number of rotatable bonds is 8. The number of piperazine rings is 1. The first kappa shape index (κ1) is 32.5. The number of piperidine rings is 1. The molecule has 1 saturated carbocycles. The maximum atomic E-state index is 13.8. The van der Waals surface area contributed by atoms with E-state index in [0.717, 1.165) is 48.3 Å². The summed E-state index contributed by atoms with van der Waals surface area (Å²) >= 11 is 12.6. The summed E-state index contributed by atoms with van der Waals surface area (Å²) in [5, 5.41) is 7.30. The van der Waals surface area contributed by atoms with Gasteiger partial charge in [-0.1, -0.05) is 58.6 Å². The summed E-state index contributed by atoms with van der Waals surface area (Å²) in [7, 11) is 0. The van der Waals surface area contributed by atoms with E-state index in [0.29, 0.717) is 53.2 Å². The summed E-state index contributed by atoms with van der Waals surface area (Å²) in [6, 6.07) is 19.9. The van der Waals surface area contributed by atoms with Crippen LogP contribution in [0.5, 0.6) is 0 Å². The van der Waals surface area contributed by atoms with Crippen molar-refractivity contribution >= 4 is 46.6 Å². The van der Waals surface area contributed by atoms with Crippen LogP contribution < -0.4 is 10.6 Å². The van der Waals surface area contributed by atoms with Crippen molar-refractivity contribution in [2.24, 2.45) is 5.92 Å². The molecule has 3 aliphatic rings. The number of amides is 3. The highest BCUT2D eigenvalue weighted by molar-refractivity contribution is 6.42. The van der Waals surface area contributed by atoms with Crippen molar-refractivity contribution < 1.29 is 14.4 Å². The lowest BCUT2D eigenvalue weighted by atomic mass is 10.00. The first-order valence-corrected chi connectivity index (χ1v) is 16.8. The molecule has 3 aromatic rings. The number of benzene rings is 3. The zero-order chi connectivity index (χ0) is 32.5. The third-order valence-corrected chi connectivity index (χ3v) is 10.4. The molecule has 2 saturated heterocycles. The average molecular weight is 663 g/mol. The van der Waals surface area contributed by atoms with Crippen LogP contribution >= 0.6 is 23.2 Å². The number of nitrogens with zero attached hydrogens (tertiary/aromatic N) is 3.